The second kappa shape index (κ2) is 6.78. The van der Waals surface area contributed by atoms with Crippen LogP contribution in [0.2, 0.25) is 0 Å². The number of thiazole rings is 1. The average Bonchev–Trinajstić information content (AvgIpc) is 3.25. The highest BCUT2D eigenvalue weighted by Crippen LogP contribution is 2.32. The number of para-hydroxylation sites is 1. The molecule has 0 saturated carbocycles. The van der Waals surface area contributed by atoms with Gasteiger partial charge in [0.05, 0.1) is 10.2 Å². The van der Waals surface area contributed by atoms with E-state index in [0.29, 0.717) is 6.04 Å². The highest BCUT2D eigenvalue weighted by molar-refractivity contribution is 7.18. The zero-order valence-electron chi connectivity index (χ0n) is 13.9. The van der Waals surface area contributed by atoms with Crippen molar-refractivity contribution in [3.63, 3.8) is 0 Å². The Kier molecular flexibility index (Phi) is 4.52. The Morgan fingerprint density at radius 1 is 1.17 bits per heavy atom. The highest BCUT2D eigenvalue weighted by atomic mass is 32.1. The van der Waals surface area contributed by atoms with Crippen LogP contribution in [-0.2, 0) is 4.79 Å². The fourth-order valence-electron chi connectivity index (χ4n) is 4.08. The number of hydrogen-bond acceptors (Lipinski definition) is 5. The van der Waals surface area contributed by atoms with Crippen molar-refractivity contribution >= 4 is 27.5 Å². The molecule has 1 amide bonds. The number of hydrogen-bond donors (Lipinski definition) is 1. The van der Waals surface area contributed by atoms with Crippen LogP contribution in [0.1, 0.15) is 36.7 Å². The third-order valence-electron chi connectivity index (χ3n) is 5.34. The molecule has 6 heteroatoms. The van der Waals surface area contributed by atoms with Gasteiger partial charge in [0.1, 0.15) is 11.0 Å². The molecular formula is C18H24N4OS. The van der Waals surface area contributed by atoms with E-state index < -0.39 is 0 Å². The number of fused-ring (bicyclic) bond motifs is 1. The summed E-state index contributed by atoms with van der Waals surface area (Å²) in [7, 11) is 0. The lowest BCUT2D eigenvalue weighted by atomic mass is 10.0. The van der Waals surface area contributed by atoms with E-state index in [-0.39, 0.29) is 11.9 Å². The number of rotatable bonds is 4. The standard InChI is InChI=1S/C18H24N4OS/c19-17(23)16(18-20-14-5-1-2-6-15(14)24-18)22-11-7-13(8-12-22)21-9-3-4-10-21/h1-2,5-6,13,16H,3-4,7-12H2,(H2,19,23). The van der Waals surface area contributed by atoms with Gasteiger partial charge < -0.3 is 10.6 Å². The lowest BCUT2D eigenvalue weighted by Gasteiger charge is -2.38. The monoisotopic (exact) mass is 344 g/mol. The number of likely N-dealkylation sites (tertiary alicyclic amines) is 2. The molecule has 2 saturated heterocycles. The second-order valence-electron chi connectivity index (χ2n) is 6.83. The summed E-state index contributed by atoms with van der Waals surface area (Å²) in [5.74, 6) is -0.284. The quantitative estimate of drug-likeness (QED) is 0.925. The van der Waals surface area contributed by atoms with E-state index in [4.69, 9.17) is 5.73 Å². The maximum Gasteiger partial charge on any atom is 0.241 e. The summed E-state index contributed by atoms with van der Waals surface area (Å²) >= 11 is 1.59. The Labute approximate surface area is 146 Å². The van der Waals surface area contributed by atoms with Gasteiger partial charge in [0.25, 0.3) is 0 Å². The maximum absolute atomic E-state index is 12.2. The van der Waals surface area contributed by atoms with Crippen LogP contribution in [0.5, 0.6) is 0 Å². The largest absolute Gasteiger partial charge is 0.368 e. The molecule has 2 aliphatic heterocycles. The van der Waals surface area contributed by atoms with Crippen molar-refractivity contribution in [3.8, 4) is 0 Å². The van der Waals surface area contributed by atoms with Gasteiger partial charge in [0.2, 0.25) is 5.91 Å². The molecule has 2 fully saturated rings. The highest BCUT2D eigenvalue weighted by Gasteiger charge is 2.34. The van der Waals surface area contributed by atoms with Crippen molar-refractivity contribution in [2.45, 2.75) is 37.8 Å². The Balaban J connectivity index is 1.50. The predicted octanol–water partition coefficient (Wildman–Crippen LogP) is 2.38. The summed E-state index contributed by atoms with van der Waals surface area (Å²) in [5, 5.41) is 0.836. The third kappa shape index (κ3) is 3.06. The molecule has 128 valence electrons. The summed E-state index contributed by atoms with van der Waals surface area (Å²) in [4.78, 5) is 21.7. The van der Waals surface area contributed by atoms with Crippen molar-refractivity contribution in [2.75, 3.05) is 26.2 Å². The van der Waals surface area contributed by atoms with Crippen molar-refractivity contribution < 1.29 is 4.79 Å². The number of amides is 1. The van der Waals surface area contributed by atoms with Crippen molar-refractivity contribution in [1.82, 2.24) is 14.8 Å². The van der Waals surface area contributed by atoms with Crippen LogP contribution in [0.3, 0.4) is 0 Å². The van der Waals surface area contributed by atoms with Gasteiger partial charge in [-0.1, -0.05) is 12.1 Å². The first-order chi connectivity index (χ1) is 11.7. The number of piperidine rings is 1. The molecule has 4 rings (SSSR count). The zero-order valence-corrected chi connectivity index (χ0v) is 14.7. The molecule has 0 radical (unpaired) electrons. The van der Waals surface area contributed by atoms with Gasteiger partial charge in [-0.25, -0.2) is 4.98 Å². The first kappa shape index (κ1) is 16.0. The number of benzene rings is 1. The fourth-order valence-corrected chi connectivity index (χ4v) is 5.19. The topological polar surface area (TPSA) is 62.5 Å². The Morgan fingerprint density at radius 3 is 2.54 bits per heavy atom. The average molecular weight is 344 g/mol. The number of nitrogens with zero attached hydrogens (tertiary/aromatic N) is 3. The van der Waals surface area contributed by atoms with Crippen molar-refractivity contribution in [2.24, 2.45) is 5.73 Å². The molecule has 2 aliphatic rings. The molecule has 24 heavy (non-hydrogen) atoms. The summed E-state index contributed by atoms with van der Waals surface area (Å²) in [6.45, 7) is 4.32. The minimum absolute atomic E-state index is 0.284. The van der Waals surface area contributed by atoms with E-state index in [1.165, 1.54) is 25.9 Å². The molecule has 2 aromatic rings. The Bertz CT molecular complexity index is 684. The molecule has 1 atom stereocenters. The number of carbonyl (C=O) groups is 1. The molecule has 0 aliphatic carbocycles. The van der Waals surface area contributed by atoms with Gasteiger partial charge >= 0.3 is 0 Å². The Hall–Kier alpha value is -1.50. The van der Waals surface area contributed by atoms with Gasteiger partial charge in [0.15, 0.2) is 0 Å². The smallest absolute Gasteiger partial charge is 0.241 e. The van der Waals surface area contributed by atoms with Crippen LogP contribution in [-0.4, -0.2) is 52.9 Å². The molecule has 1 unspecified atom stereocenters. The molecule has 2 N–H and O–H groups in total. The van der Waals surface area contributed by atoms with Crippen LogP contribution in [0.4, 0.5) is 0 Å². The lowest BCUT2D eigenvalue weighted by Crippen LogP contribution is -2.47. The van der Waals surface area contributed by atoms with E-state index >= 15 is 0 Å². The van der Waals surface area contributed by atoms with Gasteiger partial charge in [-0.05, 0) is 50.9 Å². The molecule has 3 heterocycles. The number of nitrogens with two attached hydrogens (primary N) is 1. The van der Waals surface area contributed by atoms with Gasteiger partial charge in [-0.15, -0.1) is 11.3 Å². The van der Waals surface area contributed by atoms with Crippen LogP contribution in [0.25, 0.3) is 10.2 Å². The molecule has 1 aromatic carbocycles. The van der Waals surface area contributed by atoms with E-state index in [2.05, 4.69) is 14.8 Å². The van der Waals surface area contributed by atoms with Crippen LogP contribution in [0, 0.1) is 0 Å². The predicted molar refractivity (Wildman–Crippen MR) is 97.0 cm³/mol. The van der Waals surface area contributed by atoms with Crippen LogP contribution >= 0.6 is 11.3 Å². The fraction of sp³-hybridized carbons (Fsp3) is 0.556. The van der Waals surface area contributed by atoms with Gasteiger partial charge in [-0.3, -0.25) is 9.69 Å². The van der Waals surface area contributed by atoms with Crippen LogP contribution in [0.15, 0.2) is 24.3 Å². The first-order valence-corrected chi connectivity index (χ1v) is 9.67. The minimum atomic E-state index is -0.387. The normalized spacial score (nSPS) is 22.2. The molecule has 1 aromatic heterocycles. The summed E-state index contributed by atoms with van der Waals surface area (Å²) in [6, 6.07) is 8.31. The summed E-state index contributed by atoms with van der Waals surface area (Å²) in [5.41, 5.74) is 6.71. The van der Waals surface area contributed by atoms with E-state index in [1.54, 1.807) is 11.3 Å². The third-order valence-corrected chi connectivity index (χ3v) is 6.42. The molecular weight excluding hydrogens is 320 g/mol. The molecule has 0 bridgehead atoms. The van der Waals surface area contributed by atoms with E-state index in [1.807, 2.05) is 24.3 Å². The number of aromatic nitrogens is 1. The zero-order chi connectivity index (χ0) is 16.5. The number of carbonyl (C=O) groups excluding carboxylic acids is 1. The van der Waals surface area contributed by atoms with Crippen LogP contribution < -0.4 is 5.73 Å². The maximum atomic E-state index is 12.2. The molecule has 5 nitrogen and oxygen atoms in total. The summed E-state index contributed by atoms with van der Waals surface area (Å²) < 4.78 is 1.12. The molecule has 0 spiro atoms. The van der Waals surface area contributed by atoms with Gasteiger partial charge in [0, 0.05) is 19.1 Å². The van der Waals surface area contributed by atoms with Gasteiger partial charge in [-0.2, -0.15) is 0 Å². The van der Waals surface area contributed by atoms with Crippen molar-refractivity contribution in [3.05, 3.63) is 29.3 Å². The number of primary amides is 1. The minimum Gasteiger partial charge on any atom is -0.368 e. The Morgan fingerprint density at radius 2 is 1.88 bits per heavy atom. The lowest BCUT2D eigenvalue weighted by molar-refractivity contribution is -0.124. The summed E-state index contributed by atoms with van der Waals surface area (Å²) in [6.07, 6.45) is 4.90. The second-order valence-corrected chi connectivity index (χ2v) is 7.90. The van der Waals surface area contributed by atoms with Crippen molar-refractivity contribution in [1.29, 1.82) is 0 Å². The van der Waals surface area contributed by atoms with E-state index in [0.717, 1.165) is 41.2 Å². The first-order valence-electron chi connectivity index (χ1n) is 8.85. The SMILES string of the molecule is NC(=O)C(c1nc2ccccc2s1)N1CCC(N2CCCC2)CC1. The van der Waals surface area contributed by atoms with E-state index in [9.17, 15) is 4.79 Å².